The second kappa shape index (κ2) is 10.2. The lowest BCUT2D eigenvalue weighted by atomic mass is 10.2. The van der Waals surface area contributed by atoms with Crippen LogP contribution >= 0.6 is 0 Å². The van der Waals surface area contributed by atoms with Crippen molar-refractivity contribution in [1.29, 1.82) is 0 Å². The minimum atomic E-state index is 0.497. The number of aliphatic imine (C=N–C) groups is 1. The van der Waals surface area contributed by atoms with Crippen LogP contribution in [0.3, 0.4) is 0 Å². The molecule has 0 saturated carbocycles. The third-order valence-electron chi connectivity index (χ3n) is 3.62. The van der Waals surface area contributed by atoms with Crippen LogP contribution in [0.4, 0.5) is 0 Å². The van der Waals surface area contributed by atoms with Crippen LogP contribution in [0.25, 0.3) is 0 Å². The molecule has 0 unspecified atom stereocenters. The van der Waals surface area contributed by atoms with Gasteiger partial charge in [0.2, 0.25) is 0 Å². The molecule has 2 N–H and O–H groups in total. The summed E-state index contributed by atoms with van der Waals surface area (Å²) in [5, 5.41) is 10.9. The Morgan fingerprint density at radius 2 is 2.20 bits per heavy atom. The maximum atomic E-state index is 5.67. The van der Waals surface area contributed by atoms with Crippen molar-refractivity contribution in [2.75, 3.05) is 20.2 Å². The van der Waals surface area contributed by atoms with E-state index < -0.39 is 0 Å². The van der Waals surface area contributed by atoms with Crippen LogP contribution < -0.4 is 15.4 Å². The molecule has 0 bridgehead atoms. The standard InChI is InChI=1S/C19H27N5O/c1-4-12-25-18-9-6-5-8-17(18)14-22-19(20-3)21-10-7-11-24-15-16(2)13-23-24/h4-6,8-9,13,15H,1,7,10-12,14H2,2-3H3,(H2,20,21,22). The molecule has 6 heteroatoms. The maximum Gasteiger partial charge on any atom is 0.191 e. The average Bonchev–Trinajstić information content (AvgIpc) is 3.05. The average molecular weight is 341 g/mol. The Morgan fingerprint density at radius 3 is 2.92 bits per heavy atom. The zero-order valence-electron chi connectivity index (χ0n) is 15.0. The molecule has 1 heterocycles. The van der Waals surface area contributed by atoms with Crippen molar-refractivity contribution >= 4 is 5.96 Å². The van der Waals surface area contributed by atoms with Gasteiger partial charge in [-0.1, -0.05) is 30.9 Å². The Kier molecular flexibility index (Phi) is 7.56. The molecule has 0 atom stereocenters. The smallest absolute Gasteiger partial charge is 0.191 e. The summed E-state index contributed by atoms with van der Waals surface area (Å²) < 4.78 is 7.63. The summed E-state index contributed by atoms with van der Waals surface area (Å²) in [4.78, 5) is 4.26. The van der Waals surface area contributed by atoms with Gasteiger partial charge in [-0.05, 0) is 25.0 Å². The predicted octanol–water partition coefficient (Wildman–Crippen LogP) is 2.51. The Hall–Kier alpha value is -2.76. The van der Waals surface area contributed by atoms with Gasteiger partial charge in [0.15, 0.2) is 5.96 Å². The highest BCUT2D eigenvalue weighted by Crippen LogP contribution is 2.17. The Balaban J connectivity index is 1.75. The minimum Gasteiger partial charge on any atom is -0.489 e. The quantitative estimate of drug-likeness (QED) is 0.318. The van der Waals surface area contributed by atoms with E-state index in [1.807, 2.05) is 48.3 Å². The van der Waals surface area contributed by atoms with Gasteiger partial charge < -0.3 is 15.4 Å². The third-order valence-corrected chi connectivity index (χ3v) is 3.62. The molecule has 0 aliphatic rings. The molecular weight excluding hydrogens is 314 g/mol. The van der Waals surface area contributed by atoms with Crippen LogP contribution in [0.15, 0.2) is 54.3 Å². The number of rotatable bonds is 9. The van der Waals surface area contributed by atoms with Gasteiger partial charge in [-0.2, -0.15) is 5.10 Å². The van der Waals surface area contributed by atoms with E-state index in [9.17, 15) is 0 Å². The molecule has 2 rings (SSSR count). The van der Waals surface area contributed by atoms with Gasteiger partial charge in [0.25, 0.3) is 0 Å². The molecule has 1 aromatic heterocycles. The number of hydrogen-bond acceptors (Lipinski definition) is 3. The number of guanidine groups is 1. The van der Waals surface area contributed by atoms with E-state index in [4.69, 9.17) is 4.74 Å². The van der Waals surface area contributed by atoms with Crippen molar-refractivity contribution in [3.05, 3.63) is 60.4 Å². The van der Waals surface area contributed by atoms with E-state index in [-0.39, 0.29) is 0 Å². The molecule has 0 saturated heterocycles. The molecule has 2 aromatic rings. The molecule has 0 fully saturated rings. The predicted molar refractivity (Wildman–Crippen MR) is 102 cm³/mol. The summed E-state index contributed by atoms with van der Waals surface area (Å²) >= 11 is 0. The highest BCUT2D eigenvalue weighted by molar-refractivity contribution is 5.79. The second-order valence-corrected chi connectivity index (χ2v) is 5.69. The largest absolute Gasteiger partial charge is 0.489 e. The minimum absolute atomic E-state index is 0.497. The number of benzene rings is 1. The zero-order chi connectivity index (χ0) is 17.9. The topological polar surface area (TPSA) is 63.5 Å². The fraction of sp³-hybridized carbons (Fsp3) is 0.368. The molecule has 25 heavy (non-hydrogen) atoms. The first-order valence-corrected chi connectivity index (χ1v) is 8.48. The van der Waals surface area contributed by atoms with E-state index in [1.165, 1.54) is 5.56 Å². The van der Waals surface area contributed by atoms with Crippen molar-refractivity contribution in [3.63, 3.8) is 0 Å². The normalized spacial score (nSPS) is 11.2. The van der Waals surface area contributed by atoms with Gasteiger partial charge >= 0.3 is 0 Å². The van der Waals surface area contributed by atoms with Crippen LogP contribution in [-0.4, -0.2) is 35.9 Å². The fourth-order valence-corrected chi connectivity index (χ4v) is 2.38. The van der Waals surface area contributed by atoms with E-state index in [0.717, 1.165) is 36.8 Å². The van der Waals surface area contributed by atoms with Gasteiger partial charge in [-0.15, -0.1) is 0 Å². The third kappa shape index (κ3) is 6.33. The molecule has 134 valence electrons. The molecule has 0 spiro atoms. The van der Waals surface area contributed by atoms with Crippen LogP contribution in [-0.2, 0) is 13.1 Å². The first-order valence-electron chi connectivity index (χ1n) is 8.48. The molecule has 0 amide bonds. The van der Waals surface area contributed by atoms with Crippen molar-refractivity contribution in [3.8, 4) is 5.75 Å². The van der Waals surface area contributed by atoms with Crippen LogP contribution in [0.2, 0.25) is 0 Å². The van der Waals surface area contributed by atoms with E-state index >= 15 is 0 Å². The maximum absolute atomic E-state index is 5.67. The lowest BCUT2D eigenvalue weighted by Gasteiger charge is -2.14. The van der Waals surface area contributed by atoms with Crippen molar-refractivity contribution in [1.82, 2.24) is 20.4 Å². The number of nitrogens with zero attached hydrogens (tertiary/aromatic N) is 3. The highest BCUT2D eigenvalue weighted by Gasteiger charge is 2.04. The summed E-state index contributed by atoms with van der Waals surface area (Å²) in [6.45, 7) is 8.58. The Bertz CT molecular complexity index is 693. The fourth-order valence-electron chi connectivity index (χ4n) is 2.38. The van der Waals surface area contributed by atoms with Crippen LogP contribution in [0.1, 0.15) is 17.5 Å². The summed E-state index contributed by atoms with van der Waals surface area (Å²) in [5.74, 6) is 1.63. The van der Waals surface area contributed by atoms with E-state index in [2.05, 4.69) is 27.3 Å². The number of ether oxygens (including phenoxy) is 1. The van der Waals surface area contributed by atoms with Gasteiger partial charge in [0.05, 0.1) is 6.20 Å². The monoisotopic (exact) mass is 341 g/mol. The zero-order valence-corrected chi connectivity index (χ0v) is 15.0. The number of aryl methyl sites for hydroxylation is 2. The van der Waals surface area contributed by atoms with Gasteiger partial charge in [-0.25, -0.2) is 0 Å². The first-order chi connectivity index (χ1) is 12.2. The van der Waals surface area contributed by atoms with E-state index in [0.29, 0.717) is 13.2 Å². The van der Waals surface area contributed by atoms with E-state index in [1.54, 1.807) is 13.1 Å². The number of hydrogen-bond donors (Lipinski definition) is 2. The lowest BCUT2D eigenvalue weighted by molar-refractivity contribution is 0.358. The van der Waals surface area contributed by atoms with Crippen molar-refractivity contribution in [2.24, 2.45) is 4.99 Å². The number of nitrogens with one attached hydrogen (secondary N) is 2. The molecule has 6 nitrogen and oxygen atoms in total. The molecular formula is C19H27N5O. The first kappa shape index (κ1) is 18.6. The Morgan fingerprint density at radius 1 is 1.36 bits per heavy atom. The summed E-state index contributed by atoms with van der Waals surface area (Å²) in [7, 11) is 1.77. The highest BCUT2D eigenvalue weighted by atomic mass is 16.5. The summed E-state index contributed by atoms with van der Waals surface area (Å²) in [5.41, 5.74) is 2.27. The summed E-state index contributed by atoms with van der Waals surface area (Å²) in [6, 6.07) is 7.97. The van der Waals surface area contributed by atoms with Crippen LogP contribution in [0.5, 0.6) is 5.75 Å². The second-order valence-electron chi connectivity index (χ2n) is 5.69. The molecule has 1 aromatic carbocycles. The van der Waals surface area contributed by atoms with Gasteiger partial charge in [0.1, 0.15) is 12.4 Å². The molecule has 0 radical (unpaired) electrons. The van der Waals surface area contributed by atoms with Crippen molar-refractivity contribution < 1.29 is 4.74 Å². The SMILES string of the molecule is C=CCOc1ccccc1CNC(=NC)NCCCn1cc(C)cn1. The number of para-hydroxylation sites is 1. The van der Waals surface area contributed by atoms with Gasteiger partial charge in [0, 0.05) is 38.4 Å². The number of aromatic nitrogens is 2. The molecule has 0 aliphatic heterocycles. The van der Waals surface area contributed by atoms with Gasteiger partial charge in [-0.3, -0.25) is 9.67 Å². The van der Waals surface area contributed by atoms with Crippen molar-refractivity contribution in [2.45, 2.75) is 26.4 Å². The molecule has 0 aliphatic carbocycles. The van der Waals surface area contributed by atoms with Crippen LogP contribution in [0, 0.1) is 6.92 Å². The summed E-state index contributed by atoms with van der Waals surface area (Å²) in [6.07, 6.45) is 6.64. The lowest BCUT2D eigenvalue weighted by Crippen LogP contribution is -2.37. The Labute approximate surface area is 149 Å².